The number of amides is 4. The first kappa shape index (κ1) is 21.9. The summed E-state index contributed by atoms with van der Waals surface area (Å²) in [6.07, 6.45) is 0.995. The predicted octanol–water partition coefficient (Wildman–Crippen LogP) is 2.27. The summed E-state index contributed by atoms with van der Waals surface area (Å²) in [7, 11) is 0. The van der Waals surface area contributed by atoms with Gasteiger partial charge < -0.3 is 16.0 Å². The van der Waals surface area contributed by atoms with Crippen LogP contribution in [0.3, 0.4) is 0 Å². The molecule has 1 aliphatic rings. The van der Waals surface area contributed by atoms with Crippen molar-refractivity contribution in [3.05, 3.63) is 29.8 Å². The molecule has 3 N–H and O–H groups in total. The molecule has 2 rings (SSSR count). The van der Waals surface area contributed by atoms with Crippen molar-refractivity contribution in [2.75, 3.05) is 18.4 Å². The Bertz CT molecular complexity index is 662. The van der Waals surface area contributed by atoms with Gasteiger partial charge in [-0.1, -0.05) is 39.0 Å². The Morgan fingerprint density at radius 3 is 2.38 bits per heavy atom. The zero-order valence-electron chi connectivity index (χ0n) is 15.4. The van der Waals surface area contributed by atoms with Crippen LogP contribution < -0.4 is 16.0 Å². The fraction of sp³-hybridized carbons (Fsp3) is 0.500. The zero-order chi connectivity index (χ0) is 18.4. The quantitative estimate of drug-likeness (QED) is 0.601. The number of imide groups is 1. The number of nitrogens with zero attached hydrogens (tertiary/aromatic N) is 1. The average Bonchev–Trinajstić information content (AvgIpc) is 2.85. The van der Waals surface area contributed by atoms with E-state index in [0.29, 0.717) is 25.1 Å². The fourth-order valence-electron chi connectivity index (χ4n) is 2.94. The molecule has 1 saturated heterocycles. The molecule has 0 unspecified atom stereocenters. The van der Waals surface area contributed by atoms with Gasteiger partial charge in [-0.15, -0.1) is 12.4 Å². The van der Waals surface area contributed by atoms with Crippen molar-refractivity contribution in [1.82, 2.24) is 15.5 Å². The smallest absolute Gasteiger partial charge is 0.324 e. The average molecular weight is 383 g/mol. The highest BCUT2D eigenvalue weighted by Crippen LogP contribution is 2.25. The highest BCUT2D eigenvalue weighted by molar-refractivity contribution is 6.10. The Morgan fingerprint density at radius 2 is 1.81 bits per heavy atom. The lowest BCUT2D eigenvalue weighted by Crippen LogP contribution is -2.46. The number of halogens is 1. The number of nitrogens with one attached hydrogen (secondary N) is 3. The van der Waals surface area contributed by atoms with Gasteiger partial charge >= 0.3 is 6.03 Å². The third-order valence-electron chi connectivity index (χ3n) is 4.61. The van der Waals surface area contributed by atoms with Gasteiger partial charge in [0.25, 0.3) is 5.91 Å². The number of hydrogen-bond acceptors (Lipinski definition) is 4. The van der Waals surface area contributed by atoms with Gasteiger partial charge in [0.2, 0.25) is 5.91 Å². The van der Waals surface area contributed by atoms with E-state index in [4.69, 9.17) is 0 Å². The molecule has 7 nitrogen and oxygen atoms in total. The van der Waals surface area contributed by atoms with Gasteiger partial charge in [0.1, 0.15) is 12.1 Å². The minimum absolute atomic E-state index is 0. The van der Waals surface area contributed by atoms with Crippen molar-refractivity contribution in [1.29, 1.82) is 0 Å². The topological polar surface area (TPSA) is 90.5 Å². The highest BCUT2D eigenvalue weighted by atomic mass is 35.5. The van der Waals surface area contributed by atoms with E-state index in [1.54, 1.807) is 6.07 Å². The van der Waals surface area contributed by atoms with Crippen LogP contribution in [-0.2, 0) is 16.1 Å². The molecule has 1 heterocycles. The summed E-state index contributed by atoms with van der Waals surface area (Å²) >= 11 is 0. The second-order valence-corrected chi connectivity index (χ2v) is 6.10. The molecule has 1 aromatic carbocycles. The van der Waals surface area contributed by atoms with Crippen LogP contribution in [0.2, 0.25) is 0 Å². The van der Waals surface area contributed by atoms with E-state index in [-0.39, 0.29) is 24.9 Å². The van der Waals surface area contributed by atoms with E-state index in [9.17, 15) is 14.4 Å². The summed E-state index contributed by atoms with van der Waals surface area (Å²) in [4.78, 5) is 38.0. The van der Waals surface area contributed by atoms with E-state index < -0.39 is 17.5 Å². The molecule has 8 heteroatoms. The number of hydrogen-bond donors (Lipinski definition) is 3. The summed E-state index contributed by atoms with van der Waals surface area (Å²) < 4.78 is 0. The number of para-hydroxylation sites is 1. The maximum Gasteiger partial charge on any atom is 0.325 e. The van der Waals surface area contributed by atoms with Crippen molar-refractivity contribution in [2.24, 2.45) is 0 Å². The first-order chi connectivity index (χ1) is 12.0. The van der Waals surface area contributed by atoms with Crippen LogP contribution in [-0.4, -0.2) is 41.4 Å². The second-order valence-electron chi connectivity index (χ2n) is 6.10. The largest absolute Gasteiger partial charge is 0.325 e. The zero-order valence-corrected chi connectivity index (χ0v) is 16.2. The summed E-state index contributed by atoms with van der Waals surface area (Å²) in [6, 6.07) is 6.95. The molecule has 0 aromatic heterocycles. The van der Waals surface area contributed by atoms with Crippen molar-refractivity contribution in [3.63, 3.8) is 0 Å². The molecule has 144 valence electrons. The van der Waals surface area contributed by atoms with E-state index in [1.807, 2.05) is 39.0 Å². The van der Waals surface area contributed by atoms with Gasteiger partial charge in [-0.3, -0.25) is 14.5 Å². The summed E-state index contributed by atoms with van der Waals surface area (Å²) in [5.41, 5.74) is 0.740. The Kier molecular flexibility index (Phi) is 8.05. The highest BCUT2D eigenvalue weighted by Gasteiger charge is 2.49. The number of urea groups is 1. The van der Waals surface area contributed by atoms with Crippen LogP contribution in [0, 0.1) is 0 Å². The monoisotopic (exact) mass is 382 g/mol. The molecule has 1 fully saturated rings. The van der Waals surface area contributed by atoms with Gasteiger partial charge in [0, 0.05) is 12.2 Å². The van der Waals surface area contributed by atoms with Crippen molar-refractivity contribution < 1.29 is 14.4 Å². The molecule has 0 aliphatic carbocycles. The van der Waals surface area contributed by atoms with Crippen LogP contribution >= 0.6 is 12.4 Å². The SMILES string of the molecule is CCNCc1ccccc1NC(=O)CN1C(=O)NC(CC)(CC)C1=O.Cl. The number of carbonyl (C=O) groups is 3. The van der Waals surface area contributed by atoms with Gasteiger partial charge in [-0.2, -0.15) is 0 Å². The van der Waals surface area contributed by atoms with Crippen molar-refractivity contribution in [2.45, 2.75) is 45.7 Å². The number of benzene rings is 1. The van der Waals surface area contributed by atoms with Crippen LogP contribution in [0.4, 0.5) is 10.5 Å². The van der Waals surface area contributed by atoms with Crippen LogP contribution in [0.5, 0.6) is 0 Å². The molecule has 4 amide bonds. The lowest BCUT2D eigenvalue weighted by atomic mass is 9.93. The molecule has 0 atom stereocenters. The molecule has 1 aliphatic heterocycles. The molecular weight excluding hydrogens is 356 g/mol. The maximum atomic E-state index is 12.5. The van der Waals surface area contributed by atoms with Crippen molar-refractivity contribution >= 4 is 35.9 Å². The molecular formula is C18H27ClN4O3. The van der Waals surface area contributed by atoms with Gasteiger partial charge in [0.15, 0.2) is 0 Å². The van der Waals surface area contributed by atoms with E-state index in [1.165, 1.54) is 0 Å². The molecule has 0 bridgehead atoms. The van der Waals surface area contributed by atoms with Gasteiger partial charge in [-0.05, 0) is 31.0 Å². The first-order valence-corrected chi connectivity index (χ1v) is 8.70. The minimum Gasteiger partial charge on any atom is -0.324 e. The van der Waals surface area contributed by atoms with E-state index in [0.717, 1.165) is 17.0 Å². The van der Waals surface area contributed by atoms with Crippen LogP contribution in [0.15, 0.2) is 24.3 Å². The molecule has 26 heavy (non-hydrogen) atoms. The Labute approximate surface area is 160 Å². The lowest BCUT2D eigenvalue weighted by molar-refractivity contribution is -0.134. The Hall–Kier alpha value is -2.12. The van der Waals surface area contributed by atoms with Crippen molar-refractivity contribution in [3.8, 4) is 0 Å². The second kappa shape index (κ2) is 9.54. The van der Waals surface area contributed by atoms with E-state index >= 15 is 0 Å². The Balaban J connectivity index is 0.00000338. The van der Waals surface area contributed by atoms with Crippen LogP contribution in [0.25, 0.3) is 0 Å². The third-order valence-corrected chi connectivity index (χ3v) is 4.61. The third kappa shape index (κ3) is 4.53. The van der Waals surface area contributed by atoms with Gasteiger partial charge in [-0.25, -0.2) is 4.79 Å². The summed E-state index contributed by atoms with van der Waals surface area (Å²) in [5, 5.41) is 8.73. The Morgan fingerprint density at radius 1 is 1.15 bits per heavy atom. The fourth-order valence-corrected chi connectivity index (χ4v) is 2.94. The van der Waals surface area contributed by atoms with Crippen LogP contribution in [0.1, 0.15) is 39.2 Å². The summed E-state index contributed by atoms with van der Waals surface area (Å²) in [5.74, 6) is -0.728. The number of rotatable bonds is 8. The molecule has 0 saturated carbocycles. The minimum atomic E-state index is -0.889. The summed E-state index contributed by atoms with van der Waals surface area (Å²) in [6.45, 7) is 6.87. The normalized spacial score (nSPS) is 15.4. The lowest BCUT2D eigenvalue weighted by Gasteiger charge is -2.23. The standard InChI is InChI=1S/C18H26N4O3.ClH/c1-4-18(5-2)16(24)22(17(25)21-18)12-15(23)20-14-10-8-7-9-13(14)11-19-6-3;/h7-10,19H,4-6,11-12H2,1-3H3,(H,20,23)(H,21,25);1H. The molecule has 0 radical (unpaired) electrons. The predicted molar refractivity (Wildman–Crippen MR) is 103 cm³/mol. The molecule has 0 spiro atoms. The number of carbonyl (C=O) groups excluding carboxylic acids is 3. The molecule has 1 aromatic rings. The maximum absolute atomic E-state index is 12.5. The number of anilines is 1. The van der Waals surface area contributed by atoms with Gasteiger partial charge in [0.05, 0.1) is 0 Å². The van der Waals surface area contributed by atoms with E-state index in [2.05, 4.69) is 16.0 Å². The first-order valence-electron chi connectivity index (χ1n) is 8.70.